The summed E-state index contributed by atoms with van der Waals surface area (Å²) in [5, 5.41) is 4.59. The lowest BCUT2D eigenvalue weighted by Crippen LogP contribution is -2.00. The first-order chi connectivity index (χ1) is 9.85. The lowest BCUT2D eigenvalue weighted by molar-refractivity contribution is 0.327. The van der Waals surface area contributed by atoms with Crippen molar-refractivity contribution in [1.29, 1.82) is 0 Å². The van der Waals surface area contributed by atoms with Gasteiger partial charge in [-0.05, 0) is 42.1 Å². The number of H-pyrrole nitrogens is 1. The van der Waals surface area contributed by atoms with Crippen LogP contribution in [0, 0.1) is 0 Å². The van der Waals surface area contributed by atoms with Crippen LogP contribution in [-0.4, -0.2) is 16.6 Å². The van der Waals surface area contributed by atoms with Gasteiger partial charge in [0.2, 0.25) is 5.88 Å². The summed E-state index contributed by atoms with van der Waals surface area (Å²) in [6, 6.07) is 12.3. The second-order valence-corrected chi connectivity index (χ2v) is 4.57. The molecule has 0 unspecified atom stereocenters. The van der Waals surface area contributed by atoms with Gasteiger partial charge in [0, 0.05) is 24.3 Å². The molecule has 0 aliphatic rings. The van der Waals surface area contributed by atoms with E-state index >= 15 is 0 Å². The molecule has 0 saturated carbocycles. The number of benzene rings is 1. The fourth-order valence-electron chi connectivity index (χ4n) is 2.13. The van der Waals surface area contributed by atoms with E-state index in [2.05, 4.69) is 39.6 Å². The van der Waals surface area contributed by atoms with Gasteiger partial charge in [-0.2, -0.15) is 0 Å². The zero-order valence-corrected chi connectivity index (χ0v) is 11.4. The van der Waals surface area contributed by atoms with E-state index in [9.17, 15) is 0 Å². The molecule has 2 heterocycles. The van der Waals surface area contributed by atoms with E-state index in [0.717, 1.165) is 17.7 Å². The van der Waals surface area contributed by atoms with E-state index in [1.165, 1.54) is 10.9 Å². The summed E-state index contributed by atoms with van der Waals surface area (Å²) in [5.41, 5.74) is 3.39. The third kappa shape index (κ3) is 2.74. The topological polar surface area (TPSA) is 49.9 Å². The lowest BCUT2D eigenvalue weighted by atomic mass is 10.1. The molecule has 0 radical (unpaired) electrons. The summed E-state index contributed by atoms with van der Waals surface area (Å²) < 4.78 is 5.32. The van der Waals surface area contributed by atoms with E-state index in [4.69, 9.17) is 4.74 Å². The maximum atomic E-state index is 5.32. The molecule has 0 atom stereocenters. The predicted octanol–water partition coefficient (Wildman–Crippen LogP) is 3.57. The number of hydrogen-bond acceptors (Lipinski definition) is 3. The number of pyridine rings is 1. The quantitative estimate of drug-likeness (QED) is 0.743. The Morgan fingerprint density at radius 3 is 2.95 bits per heavy atom. The highest BCUT2D eigenvalue weighted by atomic mass is 16.5. The number of nitrogens with zero attached hydrogens (tertiary/aromatic N) is 1. The van der Waals surface area contributed by atoms with Gasteiger partial charge in [0.05, 0.1) is 18.5 Å². The normalized spacial score (nSPS) is 10.7. The second-order valence-electron chi connectivity index (χ2n) is 4.57. The van der Waals surface area contributed by atoms with E-state index in [0.29, 0.717) is 12.5 Å². The minimum atomic E-state index is 0.635. The zero-order chi connectivity index (χ0) is 13.8. The van der Waals surface area contributed by atoms with Crippen molar-refractivity contribution in [3.05, 3.63) is 54.4 Å². The number of hydrogen-bond donors (Lipinski definition) is 2. The number of nitrogens with one attached hydrogen (secondary N) is 2. The molecule has 0 saturated heterocycles. The van der Waals surface area contributed by atoms with Gasteiger partial charge in [-0.1, -0.05) is 6.07 Å². The van der Waals surface area contributed by atoms with E-state index < -0.39 is 0 Å². The minimum Gasteiger partial charge on any atom is -0.478 e. The molecule has 4 heteroatoms. The van der Waals surface area contributed by atoms with Gasteiger partial charge in [0.1, 0.15) is 0 Å². The van der Waals surface area contributed by atoms with Crippen LogP contribution in [0.1, 0.15) is 12.5 Å². The molecule has 0 aliphatic heterocycles. The van der Waals surface area contributed by atoms with Crippen molar-refractivity contribution in [2.24, 2.45) is 0 Å². The molecule has 3 aromatic rings. The molecule has 102 valence electrons. The zero-order valence-electron chi connectivity index (χ0n) is 11.4. The lowest BCUT2D eigenvalue weighted by Gasteiger charge is -2.07. The number of fused-ring (bicyclic) bond motifs is 1. The molecule has 2 N–H and O–H groups in total. The van der Waals surface area contributed by atoms with Gasteiger partial charge in [-0.3, -0.25) is 0 Å². The number of ether oxygens (including phenoxy) is 1. The average molecular weight is 267 g/mol. The molecule has 3 rings (SSSR count). The maximum Gasteiger partial charge on any atom is 0.213 e. The number of aromatic nitrogens is 2. The van der Waals surface area contributed by atoms with Crippen molar-refractivity contribution in [2.75, 3.05) is 11.9 Å². The third-order valence-electron chi connectivity index (χ3n) is 3.14. The van der Waals surface area contributed by atoms with Crippen molar-refractivity contribution in [2.45, 2.75) is 13.5 Å². The third-order valence-corrected chi connectivity index (χ3v) is 3.14. The van der Waals surface area contributed by atoms with Crippen LogP contribution in [0.2, 0.25) is 0 Å². The predicted molar refractivity (Wildman–Crippen MR) is 81.0 cm³/mol. The summed E-state index contributed by atoms with van der Waals surface area (Å²) in [7, 11) is 0. The molecule has 0 bridgehead atoms. The average Bonchev–Trinajstić information content (AvgIpc) is 2.94. The molecular weight excluding hydrogens is 250 g/mol. The monoisotopic (exact) mass is 267 g/mol. The van der Waals surface area contributed by atoms with E-state index in [1.807, 2.05) is 25.3 Å². The Balaban J connectivity index is 1.66. The van der Waals surface area contributed by atoms with Crippen molar-refractivity contribution >= 4 is 16.6 Å². The second kappa shape index (κ2) is 5.65. The van der Waals surface area contributed by atoms with Crippen LogP contribution in [0.5, 0.6) is 5.88 Å². The molecule has 0 amide bonds. The highest BCUT2D eigenvalue weighted by Crippen LogP contribution is 2.16. The first-order valence-corrected chi connectivity index (χ1v) is 6.74. The Morgan fingerprint density at radius 1 is 1.20 bits per heavy atom. The molecule has 2 aromatic heterocycles. The molecule has 1 aromatic carbocycles. The van der Waals surface area contributed by atoms with Crippen molar-refractivity contribution in [1.82, 2.24) is 9.97 Å². The standard InChI is InChI=1S/C16H17N3O/c1-2-20-16-6-4-14(11-19-16)18-10-12-3-5-15-13(9-12)7-8-17-15/h3-9,11,17-18H,2,10H2,1H3. The van der Waals surface area contributed by atoms with Crippen LogP contribution in [-0.2, 0) is 6.54 Å². The fraction of sp³-hybridized carbons (Fsp3) is 0.188. The summed E-state index contributed by atoms with van der Waals surface area (Å²) in [5.74, 6) is 0.659. The van der Waals surface area contributed by atoms with Gasteiger partial charge in [0.15, 0.2) is 0 Å². The highest BCUT2D eigenvalue weighted by Gasteiger charge is 1.99. The van der Waals surface area contributed by atoms with Crippen molar-refractivity contribution in [3.8, 4) is 5.88 Å². The molecule has 20 heavy (non-hydrogen) atoms. The van der Waals surface area contributed by atoms with Gasteiger partial charge in [0.25, 0.3) is 0 Å². The van der Waals surface area contributed by atoms with Crippen LogP contribution >= 0.6 is 0 Å². The summed E-state index contributed by atoms with van der Waals surface area (Å²) in [6.07, 6.45) is 3.75. The largest absolute Gasteiger partial charge is 0.478 e. The maximum absolute atomic E-state index is 5.32. The molecular formula is C16H17N3O. The van der Waals surface area contributed by atoms with Crippen molar-refractivity contribution in [3.63, 3.8) is 0 Å². The number of anilines is 1. The van der Waals surface area contributed by atoms with Gasteiger partial charge in [-0.25, -0.2) is 4.98 Å². The first-order valence-electron chi connectivity index (χ1n) is 6.74. The Morgan fingerprint density at radius 2 is 2.15 bits per heavy atom. The van der Waals surface area contributed by atoms with Gasteiger partial charge >= 0.3 is 0 Å². The van der Waals surface area contributed by atoms with E-state index in [1.54, 1.807) is 6.20 Å². The molecule has 4 nitrogen and oxygen atoms in total. The summed E-state index contributed by atoms with van der Waals surface area (Å²) in [6.45, 7) is 3.36. The Kier molecular flexibility index (Phi) is 3.54. The number of aromatic amines is 1. The summed E-state index contributed by atoms with van der Waals surface area (Å²) >= 11 is 0. The van der Waals surface area contributed by atoms with Crippen LogP contribution in [0.25, 0.3) is 10.9 Å². The van der Waals surface area contributed by atoms with Crippen LogP contribution < -0.4 is 10.1 Å². The molecule has 0 spiro atoms. The Bertz CT molecular complexity index is 688. The Labute approximate surface area is 117 Å². The van der Waals surface area contributed by atoms with Crippen LogP contribution in [0.4, 0.5) is 5.69 Å². The Hall–Kier alpha value is -2.49. The van der Waals surface area contributed by atoms with Crippen LogP contribution in [0.3, 0.4) is 0 Å². The minimum absolute atomic E-state index is 0.635. The van der Waals surface area contributed by atoms with Crippen molar-refractivity contribution < 1.29 is 4.74 Å². The first kappa shape index (κ1) is 12.5. The van der Waals surface area contributed by atoms with Gasteiger partial charge in [-0.15, -0.1) is 0 Å². The van der Waals surface area contributed by atoms with Crippen LogP contribution in [0.15, 0.2) is 48.8 Å². The van der Waals surface area contributed by atoms with Gasteiger partial charge < -0.3 is 15.0 Å². The molecule has 0 fully saturated rings. The summed E-state index contributed by atoms with van der Waals surface area (Å²) in [4.78, 5) is 7.43. The number of rotatable bonds is 5. The molecule has 0 aliphatic carbocycles. The highest BCUT2D eigenvalue weighted by molar-refractivity contribution is 5.79. The fourth-order valence-corrected chi connectivity index (χ4v) is 2.13. The smallest absolute Gasteiger partial charge is 0.213 e. The van der Waals surface area contributed by atoms with E-state index in [-0.39, 0.29) is 0 Å². The SMILES string of the molecule is CCOc1ccc(NCc2ccc3[nH]ccc3c2)cn1.